The maximum Gasteiger partial charge on any atom is 2.00 e. The van der Waals surface area contributed by atoms with E-state index in [9.17, 15) is 0 Å². The third-order valence-corrected chi connectivity index (χ3v) is 8.83. The molecule has 9 rings (SSSR count). The van der Waals surface area contributed by atoms with Crippen LogP contribution < -0.4 is 0 Å². The van der Waals surface area contributed by atoms with Crippen LogP contribution in [0.1, 0.15) is 0 Å². The van der Waals surface area contributed by atoms with Crippen molar-refractivity contribution in [1.82, 2.24) is 34.1 Å². The van der Waals surface area contributed by atoms with Crippen LogP contribution in [0.3, 0.4) is 0 Å². The Morgan fingerprint density at radius 2 is 1.47 bits per heavy atom. The molecule has 9 aromatic rings. The first-order valence-electron chi connectivity index (χ1n) is 14.1. The number of hydrogen-bond donors (Lipinski definition) is 0. The number of fused-ring (bicyclic) bond motifs is 4. The van der Waals surface area contributed by atoms with Gasteiger partial charge in [0.15, 0.2) is 0 Å². The van der Waals surface area contributed by atoms with Crippen molar-refractivity contribution in [2.45, 2.75) is 0 Å². The molecule has 0 bridgehead atoms. The number of rotatable bonds is 5. The van der Waals surface area contributed by atoms with Crippen LogP contribution in [0, 0.1) is 12.1 Å². The monoisotopic (exact) mass is 778 g/mol. The van der Waals surface area contributed by atoms with Gasteiger partial charge >= 0.3 is 21.1 Å². The summed E-state index contributed by atoms with van der Waals surface area (Å²) >= 11 is 1.66. The molecule has 0 N–H and O–H groups in total. The average molecular weight is 779 g/mol. The van der Waals surface area contributed by atoms with E-state index in [1.54, 1.807) is 23.7 Å². The van der Waals surface area contributed by atoms with Crippen LogP contribution in [0.5, 0.6) is 0 Å². The van der Waals surface area contributed by atoms with Crippen LogP contribution in [-0.2, 0) is 21.1 Å². The van der Waals surface area contributed by atoms with Gasteiger partial charge in [-0.25, -0.2) is 9.36 Å². The summed E-state index contributed by atoms with van der Waals surface area (Å²) in [5.41, 5.74) is 8.61. The summed E-state index contributed by atoms with van der Waals surface area (Å²) in [4.78, 5) is 9.59. The molecule has 5 heterocycles. The van der Waals surface area contributed by atoms with Crippen molar-refractivity contribution >= 4 is 43.4 Å². The quantitative estimate of drug-likeness (QED) is 0.166. The van der Waals surface area contributed by atoms with Gasteiger partial charge in [0, 0.05) is 46.2 Å². The Labute approximate surface area is 276 Å². The molecule has 0 aliphatic heterocycles. The standard InChI is InChI=1S/C36H21N7S.Pt/c1-2-15-37-31(8-1)24-6-3-7-28(20-24)43-33-13-10-26(41-18-4-16-38-41)22-30(33)29-12-9-25(21-34(29)43)36-40-32-23-27(11-14-35(32)44-36)42-19-5-17-39-42;/h1-19,22-23H;/q-2;+2. The Hall–Kier alpha value is -5.17. The third kappa shape index (κ3) is 4.70. The van der Waals surface area contributed by atoms with Gasteiger partial charge in [-0.2, -0.15) is 21.5 Å². The molecule has 5 aromatic heterocycles. The van der Waals surface area contributed by atoms with E-state index in [1.165, 1.54) is 0 Å². The first-order valence-corrected chi connectivity index (χ1v) is 15.0. The average Bonchev–Trinajstić information content (AvgIpc) is 3.90. The summed E-state index contributed by atoms with van der Waals surface area (Å²) in [6.45, 7) is 0. The van der Waals surface area contributed by atoms with E-state index in [2.05, 4.69) is 92.5 Å². The summed E-state index contributed by atoms with van der Waals surface area (Å²) in [5, 5.41) is 11.9. The van der Waals surface area contributed by atoms with E-state index in [-0.39, 0.29) is 21.1 Å². The number of thiazole rings is 1. The summed E-state index contributed by atoms with van der Waals surface area (Å²) < 4.78 is 7.08. The van der Waals surface area contributed by atoms with Crippen LogP contribution in [0.4, 0.5) is 0 Å². The summed E-state index contributed by atoms with van der Waals surface area (Å²) in [5.74, 6) is 0. The van der Waals surface area contributed by atoms with E-state index >= 15 is 0 Å². The molecule has 45 heavy (non-hydrogen) atoms. The van der Waals surface area contributed by atoms with Gasteiger partial charge in [0.25, 0.3) is 0 Å². The van der Waals surface area contributed by atoms with Crippen molar-refractivity contribution < 1.29 is 21.1 Å². The van der Waals surface area contributed by atoms with E-state index in [4.69, 9.17) is 4.98 Å². The van der Waals surface area contributed by atoms with Crippen molar-refractivity contribution in [2.24, 2.45) is 0 Å². The molecular weight excluding hydrogens is 758 g/mol. The predicted molar refractivity (Wildman–Crippen MR) is 175 cm³/mol. The zero-order chi connectivity index (χ0) is 29.0. The fraction of sp³-hybridized carbons (Fsp3) is 0. The Kier molecular flexibility index (Phi) is 6.74. The first kappa shape index (κ1) is 27.4. The number of aromatic nitrogens is 7. The number of benzene rings is 4. The molecule has 0 atom stereocenters. The third-order valence-electron chi connectivity index (χ3n) is 7.76. The minimum absolute atomic E-state index is 0. The molecule has 9 heteroatoms. The van der Waals surface area contributed by atoms with Gasteiger partial charge in [0.1, 0.15) is 0 Å². The van der Waals surface area contributed by atoms with Gasteiger partial charge in [-0.1, -0.05) is 17.5 Å². The number of nitrogens with zero attached hydrogens (tertiary/aromatic N) is 7. The van der Waals surface area contributed by atoms with Gasteiger partial charge in [0.2, 0.25) is 0 Å². The van der Waals surface area contributed by atoms with Gasteiger partial charge in [-0.15, -0.1) is 53.6 Å². The molecule has 0 spiro atoms. The van der Waals surface area contributed by atoms with Crippen LogP contribution in [-0.4, -0.2) is 34.1 Å². The van der Waals surface area contributed by atoms with E-state index in [0.717, 1.165) is 70.9 Å². The molecule has 4 aromatic carbocycles. The predicted octanol–water partition coefficient (Wildman–Crippen LogP) is 8.09. The normalized spacial score (nSPS) is 11.4. The molecule has 216 valence electrons. The fourth-order valence-corrected chi connectivity index (χ4v) is 6.65. The second kappa shape index (κ2) is 11.1. The van der Waals surface area contributed by atoms with E-state index in [0.29, 0.717) is 0 Å². The largest absolute Gasteiger partial charge is 2.00 e. The van der Waals surface area contributed by atoms with Gasteiger partial charge in [-0.3, -0.25) is 4.98 Å². The molecule has 7 nitrogen and oxygen atoms in total. The van der Waals surface area contributed by atoms with Crippen molar-refractivity contribution in [2.75, 3.05) is 0 Å². The minimum atomic E-state index is 0. The molecule has 0 aliphatic rings. The second-order valence-corrected chi connectivity index (χ2v) is 11.4. The molecule has 0 amide bonds. The van der Waals surface area contributed by atoms with Crippen LogP contribution >= 0.6 is 11.3 Å². The molecule has 0 saturated heterocycles. The summed E-state index contributed by atoms with van der Waals surface area (Å²) in [7, 11) is 0. The number of pyridine rings is 1. The second-order valence-electron chi connectivity index (χ2n) is 10.4. The zero-order valence-corrected chi connectivity index (χ0v) is 26.6. The summed E-state index contributed by atoms with van der Waals surface area (Å²) in [6.07, 6.45) is 9.28. The molecule has 0 radical (unpaired) electrons. The molecule has 0 unspecified atom stereocenters. The van der Waals surface area contributed by atoms with Crippen molar-refractivity contribution in [3.63, 3.8) is 0 Å². The van der Waals surface area contributed by atoms with E-state index < -0.39 is 0 Å². The first-order chi connectivity index (χ1) is 21.8. The van der Waals surface area contributed by atoms with Crippen molar-refractivity contribution in [3.8, 4) is 38.9 Å². The van der Waals surface area contributed by atoms with Crippen LogP contribution in [0.2, 0.25) is 0 Å². The molecule has 0 saturated carbocycles. The van der Waals surface area contributed by atoms with Crippen LogP contribution in [0.25, 0.3) is 70.9 Å². The fourth-order valence-electron chi connectivity index (χ4n) is 5.72. The SMILES string of the molecule is [Pt+2].[c-]1c(-c2ccccn2)cccc1-n1c2[c-]c(-c3nc4cc(-n5cccn5)ccc4s3)ccc2c2cc(-n3cccn3)ccc21. The van der Waals surface area contributed by atoms with Gasteiger partial charge in [0.05, 0.1) is 16.9 Å². The van der Waals surface area contributed by atoms with Crippen molar-refractivity contribution in [1.29, 1.82) is 0 Å². The molecule has 0 fully saturated rings. The Morgan fingerprint density at radius 1 is 0.644 bits per heavy atom. The molecular formula is C36H21N7PtS. The maximum atomic E-state index is 5.03. The smallest absolute Gasteiger partial charge is 0.346 e. The summed E-state index contributed by atoms with van der Waals surface area (Å²) in [6, 6.07) is 40.3. The zero-order valence-electron chi connectivity index (χ0n) is 23.5. The van der Waals surface area contributed by atoms with Crippen LogP contribution in [0.15, 0.2) is 128 Å². The maximum absolute atomic E-state index is 5.03. The minimum Gasteiger partial charge on any atom is -0.346 e. The van der Waals surface area contributed by atoms with E-state index in [1.807, 2.05) is 64.4 Å². The topological polar surface area (TPSA) is 66.3 Å². The number of hydrogen-bond acceptors (Lipinski definition) is 5. The Balaban J connectivity index is 0.00000300. The Bertz CT molecular complexity index is 2440. The van der Waals surface area contributed by atoms with Gasteiger partial charge < -0.3 is 9.55 Å². The van der Waals surface area contributed by atoms with Crippen molar-refractivity contribution in [3.05, 3.63) is 140 Å². The Morgan fingerprint density at radius 3 is 2.24 bits per heavy atom. The van der Waals surface area contributed by atoms with Gasteiger partial charge in [-0.05, 0) is 76.9 Å². The molecule has 0 aliphatic carbocycles.